The smallest absolute Gasteiger partial charge is 0.221 e. The predicted octanol–water partition coefficient (Wildman–Crippen LogP) is 1.34. The number of aromatic nitrogens is 3. The lowest BCUT2D eigenvalue weighted by Crippen LogP contribution is -2.41. The number of anilines is 1. The van der Waals surface area contributed by atoms with Crippen molar-refractivity contribution >= 4 is 32.7 Å². The summed E-state index contributed by atoms with van der Waals surface area (Å²) in [6.07, 6.45) is 3.02. The lowest BCUT2D eigenvalue weighted by atomic mass is 9.97. The van der Waals surface area contributed by atoms with Gasteiger partial charge in [-0.1, -0.05) is 11.3 Å². The Bertz CT molecular complexity index is 659. The number of nitrogens with zero attached hydrogens (tertiary/aromatic N) is 4. The lowest BCUT2D eigenvalue weighted by Gasteiger charge is -2.31. The number of rotatable bonds is 6. The molecule has 126 valence electrons. The van der Waals surface area contributed by atoms with Crippen molar-refractivity contribution in [2.24, 2.45) is 18.7 Å². The molecule has 1 fully saturated rings. The van der Waals surface area contributed by atoms with Gasteiger partial charge < -0.3 is 16.0 Å². The lowest BCUT2D eigenvalue weighted by molar-refractivity contribution is -0.123. The van der Waals surface area contributed by atoms with Gasteiger partial charge in [-0.2, -0.15) is 5.10 Å². The molecule has 0 aromatic carbocycles. The zero-order valence-corrected chi connectivity index (χ0v) is 14.5. The number of hydrogen-bond donors (Lipinski definition) is 2. The Hall–Kier alpha value is -1.67. The van der Waals surface area contributed by atoms with Crippen molar-refractivity contribution in [3.05, 3.63) is 5.69 Å². The first-order chi connectivity index (χ1) is 11.0. The predicted molar refractivity (Wildman–Crippen MR) is 92.6 cm³/mol. The fourth-order valence-electron chi connectivity index (χ4n) is 3.15. The van der Waals surface area contributed by atoms with Crippen LogP contribution in [0.15, 0.2) is 0 Å². The minimum atomic E-state index is -0.161. The third-order valence-electron chi connectivity index (χ3n) is 4.38. The molecule has 2 aromatic heterocycles. The molecule has 0 spiro atoms. The highest BCUT2D eigenvalue weighted by molar-refractivity contribution is 7.22. The first-order valence-electron chi connectivity index (χ1n) is 8.10. The van der Waals surface area contributed by atoms with Gasteiger partial charge in [0.2, 0.25) is 5.91 Å². The Labute approximate surface area is 139 Å². The molecule has 0 bridgehead atoms. The van der Waals surface area contributed by atoms with Gasteiger partial charge in [0.1, 0.15) is 0 Å². The molecule has 3 heterocycles. The second-order valence-corrected chi connectivity index (χ2v) is 7.20. The van der Waals surface area contributed by atoms with Crippen LogP contribution in [-0.4, -0.2) is 51.8 Å². The zero-order valence-electron chi connectivity index (χ0n) is 13.7. The number of nitrogens with two attached hydrogens (primary N) is 1. The minimum Gasteiger partial charge on any atom is -0.369 e. The van der Waals surface area contributed by atoms with Crippen molar-refractivity contribution in [1.29, 1.82) is 0 Å². The molecule has 7 nitrogen and oxygen atoms in total. The van der Waals surface area contributed by atoms with E-state index in [1.54, 1.807) is 11.3 Å². The summed E-state index contributed by atoms with van der Waals surface area (Å²) >= 11 is 1.65. The molecule has 0 radical (unpaired) electrons. The molecule has 1 saturated heterocycles. The summed E-state index contributed by atoms with van der Waals surface area (Å²) in [5.74, 6) is -0.136. The van der Waals surface area contributed by atoms with Crippen molar-refractivity contribution < 1.29 is 4.79 Å². The maximum atomic E-state index is 11.3. The molecule has 1 atom stereocenters. The van der Waals surface area contributed by atoms with Crippen LogP contribution in [0.25, 0.3) is 10.3 Å². The van der Waals surface area contributed by atoms with Crippen LogP contribution in [-0.2, 0) is 11.8 Å². The van der Waals surface area contributed by atoms with E-state index < -0.39 is 0 Å². The molecule has 0 saturated carbocycles. The Morgan fingerprint density at radius 3 is 3.09 bits per heavy atom. The Morgan fingerprint density at radius 2 is 2.35 bits per heavy atom. The van der Waals surface area contributed by atoms with E-state index in [2.05, 4.69) is 20.3 Å². The number of fused-ring (bicyclic) bond motifs is 1. The first kappa shape index (κ1) is 16.2. The summed E-state index contributed by atoms with van der Waals surface area (Å²) in [5.41, 5.74) is 7.39. The van der Waals surface area contributed by atoms with Crippen LogP contribution in [0.3, 0.4) is 0 Å². The fourth-order valence-corrected chi connectivity index (χ4v) is 4.11. The average molecular weight is 336 g/mol. The van der Waals surface area contributed by atoms with E-state index in [1.807, 2.05) is 18.7 Å². The number of carbonyl (C=O) groups excluding carboxylic acids is 1. The highest BCUT2D eigenvalue weighted by Gasteiger charge is 2.23. The Kier molecular flexibility index (Phi) is 4.82. The quantitative estimate of drug-likeness (QED) is 0.777. The van der Waals surface area contributed by atoms with Crippen LogP contribution >= 0.6 is 11.3 Å². The van der Waals surface area contributed by atoms with Crippen LogP contribution in [0.5, 0.6) is 0 Å². The van der Waals surface area contributed by atoms with Crippen LogP contribution in [0, 0.1) is 12.8 Å². The van der Waals surface area contributed by atoms with Crippen molar-refractivity contribution in [2.45, 2.75) is 26.2 Å². The molecular formula is C15H24N6OS. The number of primary amides is 1. The third-order valence-corrected chi connectivity index (χ3v) is 5.49. The molecule has 3 N–H and O–H groups in total. The number of likely N-dealkylation sites (tertiary alicyclic amines) is 1. The molecule has 1 aliphatic rings. The number of carbonyl (C=O) groups is 1. The number of aryl methyl sites for hydroxylation is 2. The molecule has 0 unspecified atom stereocenters. The van der Waals surface area contributed by atoms with Gasteiger partial charge in [-0.3, -0.25) is 4.79 Å². The monoisotopic (exact) mass is 336 g/mol. The molecule has 1 aliphatic heterocycles. The van der Waals surface area contributed by atoms with Gasteiger partial charge in [-0.25, -0.2) is 9.67 Å². The van der Waals surface area contributed by atoms with Gasteiger partial charge in [-0.05, 0) is 39.3 Å². The normalized spacial score (nSPS) is 19.3. The van der Waals surface area contributed by atoms with Crippen molar-refractivity contribution in [2.75, 3.05) is 31.5 Å². The van der Waals surface area contributed by atoms with Gasteiger partial charge in [0.05, 0.1) is 16.3 Å². The summed E-state index contributed by atoms with van der Waals surface area (Å²) in [4.78, 5) is 18.2. The molecule has 3 rings (SSSR count). The largest absolute Gasteiger partial charge is 0.369 e. The average Bonchev–Trinajstić information content (AvgIpc) is 3.06. The highest BCUT2D eigenvalue weighted by Crippen LogP contribution is 2.27. The van der Waals surface area contributed by atoms with Gasteiger partial charge in [0, 0.05) is 20.1 Å². The summed E-state index contributed by atoms with van der Waals surface area (Å²) in [6.45, 7) is 5.75. The first-order valence-corrected chi connectivity index (χ1v) is 8.92. The molecule has 2 aromatic rings. The summed E-state index contributed by atoms with van der Waals surface area (Å²) in [7, 11) is 1.92. The van der Waals surface area contributed by atoms with Gasteiger partial charge in [0.25, 0.3) is 0 Å². The van der Waals surface area contributed by atoms with E-state index >= 15 is 0 Å². The van der Waals surface area contributed by atoms with E-state index in [9.17, 15) is 4.79 Å². The SMILES string of the molecule is Cc1nn(C)c2nc(NCCCN3CCC[C@@H](C(N)=O)C3)sc12. The number of amides is 1. The second kappa shape index (κ2) is 6.84. The molecule has 8 heteroatoms. The molecule has 0 aliphatic carbocycles. The molecule has 1 amide bonds. The van der Waals surface area contributed by atoms with E-state index in [1.165, 1.54) is 0 Å². The number of piperidine rings is 1. The summed E-state index contributed by atoms with van der Waals surface area (Å²) in [5, 5.41) is 8.71. The summed E-state index contributed by atoms with van der Waals surface area (Å²) < 4.78 is 2.97. The van der Waals surface area contributed by atoms with E-state index in [0.717, 1.165) is 66.6 Å². The van der Waals surface area contributed by atoms with Crippen molar-refractivity contribution in [3.8, 4) is 0 Å². The maximum absolute atomic E-state index is 11.3. The maximum Gasteiger partial charge on any atom is 0.221 e. The topological polar surface area (TPSA) is 89.1 Å². The number of thiazole rings is 1. The van der Waals surface area contributed by atoms with E-state index in [0.29, 0.717) is 0 Å². The Balaban J connectivity index is 1.45. The zero-order chi connectivity index (χ0) is 16.4. The van der Waals surface area contributed by atoms with Gasteiger partial charge >= 0.3 is 0 Å². The van der Waals surface area contributed by atoms with Crippen LogP contribution in [0.4, 0.5) is 5.13 Å². The molecular weight excluding hydrogens is 312 g/mol. The fraction of sp³-hybridized carbons (Fsp3) is 0.667. The summed E-state index contributed by atoms with van der Waals surface area (Å²) in [6, 6.07) is 0. The second-order valence-electron chi connectivity index (χ2n) is 6.20. The van der Waals surface area contributed by atoms with E-state index in [4.69, 9.17) is 5.73 Å². The van der Waals surface area contributed by atoms with Crippen LogP contribution < -0.4 is 11.1 Å². The standard InChI is InChI=1S/C15H24N6OS/c1-10-12-14(20(2)19-10)18-15(23-12)17-6-4-8-21-7-3-5-11(9-21)13(16)22/h11H,3-9H2,1-2H3,(H2,16,22)(H,17,18)/t11-/m1/s1. The van der Waals surface area contributed by atoms with E-state index in [-0.39, 0.29) is 11.8 Å². The van der Waals surface area contributed by atoms with Crippen molar-refractivity contribution in [1.82, 2.24) is 19.7 Å². The highest BCUT2D eigenvalue weighted by atomic mass is 32.1. The number of hydrogen-bond acceptors (Lipinski definition) is 6. The van der Waals surface area contributed by atoms with Crippen LogP contribution in [0.2, 0.25) is 0 Å². The van der Waals surface area contributed by atoms with Gasteiger partial charge in [0.15, 0.2) is 10.8 Å². The Morgan fingerprint density at radius 1 is 1.52 bits per heavy atom. The molecule has 23 heavy (non-hydrogen) atoms. The van der Waals surface area contributed by atoms with Gasteiger partial charge in [-0.15, -0.1) is 0 Å². The number of nitrogens with one attached hydrogen (secondary N) is 1. The van der Waals surface area contributed by atoms with Crippen LogP contribution in [0.1, 0.15) is 25.0 Å². The van der Waals surface area contributed by atoms with Crippen molar-refractivity contribution in [3.63, 3.8) is 0 Å². The minimum absolute atomic E-state index is 0.0245. The third kappa shape index (κ3) is 3.64.